The number of benzene rings is 2. The molecule has 0 aliphatic carbocycles. The van der Waals surface area contributed by atoms with E-state index >= 15 is 0 Å². The molecule has 0 aromatic heterocycles. The Morgan fingerprint density at radius 2 is 1.50 bits per heavy atom. The van der Waals surface area contributed by atoms with E-state index in [4.69, 9.17) is 9.47 Å². The molecule has 20 heavy (non-hydrogen) atoms. The van der Waals surface area contributed by atoms with Gasteiger partial charge in [0.1, 0.15) is 17.6 Å². The average molecular weight is 268 g/mol. The summed E-state index contributed by atoms with van der Waals surface area (Å²) in [7, 11) is 3.10. The van der Waals surface area contributed by atoms with Crippen LogP contribution in [0.5, 0.6) is 11.5 Å². The van der Waals surface area contributed by atoms with Gasteiger partial charge in [0, 0.05) is 5.56 Å². The van der Waals surface area contributed by atoms with Crippen molar-refractivity contribution in [3.8, 4) is 23.3 Å². The first kappa shape index (κ1) is 14.0. The molecule has 0 radical (unpaired) electrons. The highest BCUT2D eigenvalue weighted by atomic mass is 16.5. The number of ether oxygens (including phenoxy) is 2. The van der Waals surface area contributed by atoms with E-state index in [9.17, 15) is 5.11 Å². The van der Waals surface area contributed by atoms with E-state index in [0.29, 0.717) is 17.1 Å². The van der Waals surface area contributed by atoms with E-state index < -0.39 is 6.10 Å². The average Bonchev–Trinajstić information content (AvgIpc) is 2.52. The molecule has 0 heterocycles. The van der Waals surface area contributed by atoms with Gasteiger partial charge in [0.15, 0.2) is 0 Å². The molecule has 1 N–H and O–H groups in total. The predicted octanol–water partition coefficient (Wildman–Crippen LogP) is 2.79. The third kappa shape index (κ3) is 3.11. The highest BCUT2D eigenvalue weighted by molar-refractivity contribution is 5.49. The molecule has 1 atom stereocenters. The van der Waals surface area contributed by atoms with Crippen molar-refractivity contribution in [1.82, 2.24) is 0 Å². The lowest BCUT2D eigenvalue weighted by atomic mass is 10.1. The van der Waals surface area contributed by atoms with Crippen molar-refractivity contribution in [2.24, 2.45) is 0 Å². The highest BCUT2D eigenvalue weighted by Crippen LogP contribution is 2.33. The lowest BCUT2D eigenvalue weighted by Crippen LogP contribution is -2.01. The fourth-order valence-electron chi connectivity index (χ4n) is 1.89. The minimum Gasteiger partial charge on any atom is -0.496 e. The predicted molar refractivity (Wildman–Crippen MR) is 77.8 cm³/mol. The molecule has 2 rings (SSSR count). The van der Waals surface area contributed by atoms with Crippen molar-refractivity contribution >= 4 is 0 Å². The Hall–Kier alpha value is -2.44. The topological polar surface area (TPSA) is 38.7 Å². The number of aliphatic hydroxyl groups excluding tert-OH is 1. The first-order valence-electron chi connectivity index (χ1n) is 6.21. The van der Waals surface area contributed by atoms with Crippen molar-refractivity contribution < 1.29 is 14.6 Å². The zero-order valence-electron chi connectivity index (χ0n) is 11.5. The molecule has 0 unspecified atom stereocenters. The fourth-order valence-corrected chi connectivity index (χ4v) is 1.89. The van der Waals surface area contributed by atoms with Crippen LogP contribution in [0.15, 0.2) is 48.5 Å². The summed E-state index contributed by atoms with van der Waals surface area (Å²) < 4.78 is 10.5. The van der Waals surface area contributed by atoms with Crippen LogP contribution in [-0.4, -0.2) is 19.3 Å². The Bertz CT molecular complexity index is 601. The van der Waals surface area contributed by atoms with Gasteiger partial charge in [-0.1, -0.05) is 36.1 Å². The van der Waals surface area contributed by atoms with Gasteiger partial charge in [-0.3, -0.25) is 0 Å². The van der Waals surface area contributed by atoms with E-state index in [-0.39, 0.29) is 0 Å². The van der Waals surface area contributed by atoms with E-state index in [1.807, 2.05) is 30.3 Å². The van der Waals surface area contributed by atoms with Crippen molar-refractivity contribution in [2.75, 3.05) is 14.2 Å². The van der Waals surface area contributed by atoms with Gasteiger partial charge in [-0.15, -0.1) is 0 Å². The Kier molecular flexibility index (Phi) is 4.65. The van der Waals surface area contributed by atoms with Gasteiger partial charge in [-0.2, -0.15) is 0 Å². The van der Waals surface area contributed by atoms with Crippen molar-refractivity contribution in [2.45, 2.75) is 6.10 Å². The van der Waals surface area contributed by atoms with Gasteiger partial charge in [-0.05, 0) is 24.3 Å². The molecule has 0 aliphatic rings. The summed E-state index contributed by atoms with van der Waals surface area (Å²) in [5.41, 5.74) is 1.39. The molecule has 3 heteroatoms. The van der Waals surface area contributed by atoms with Crippen LogP contribution in [0.4, 0.5) is 0 Å². The second-order valence-electron chi connectivity index (χ2n) is 4.11. The Balaban J connectivity index is 2.34. The highest BCUT2D eigenvalue weighted by Gasteiger charge is 2.16. The molecule has 0 amide bonds. The van der Waals surface area contributed by atoms with Crippen molar-refractivity contribution in [3.05, 3.63) is 59.7 Å². The summed E-state index contributed by atoms with van der Waals surface area (Å²) in [6.07, 6.45) is -0.971. The number of aliphatic hydroxyl groups is 1. The number of methoxy groups -OCH3 is 2. The second kappa shape index (κ2) is 6.65. The van der Waals surface area contributed by atoms with Gasteiger partial charge in [0.2, 0.25) is 0 Å². The maximum Gasteiger partial charge on any atom is 0.147 e. The van der Waals surface area contributed by atoms with Gasteiger partial charge in [0.05, 0.1) is 19.8 Å². The standard InChI is InChI=1S/C17H16O3/c1-19-15-9-6-10-16(20-2)17(15)14(18)12-11-13-7-4-3-5-8-13/h3-10,14,18H,1-2H3/t14-/m1/s1. The van der Waals surface area contributed by atoms with Gasteiger partial charge < -0.3 is 14.6 Å². The van der Waals surface area contributed by atoms with Gasteiger partial charge in [-0.25, -0.2) is 0 Å². The summed E-state index contributed by atoms with van der Waals surface area (Å²) >= 11 is 0. The maximum atomic E-state index is 10.3. The molecule has 0 spiro atoms. The molecular weight excluding hydrogens is 252 g/mol. The van der Waals surface area contributed by atoms with Crippen LogP contribution in [0.25, 0.3) is 0 Å². The van der Waals surface area contributed by atoms with Crippen LogP contribution < -0.4 is 9.47 Å². The number of hydrogen-bond acceptors (Lipinski definition) is 3. The molecule has 0 fully saturated rings. The summed E-state index contributed by atoms with van der Waals surface area (Å²) in [6.45, 7) is 0. The SMILES string of the molecule is COc1cccc(OC)c1[C@H](O)C#Cc1ccccc1. The largest absolute Gasteiger partial charge is 0.496 e. The van der Waals surface area contributed by atoms with E-state index in [1.165, 1.54) is 0 Å². The minimum atomic E-state index is -0.971. The zero-order valence-corrected chi connectivity index (χ0v) is 11.5. The lowest BCUT2D eigenvalue weighted by molar-refractivity contribution is 0.225. The molecule has 0 saturated heterocycles. The van der Waals surface area contributed by atoms with Crippen LogP contribution in [0.3, 0.4) is 0 Å². The molecule has 0 aliphatic heterocycles. The Morgan fingerprint density at radius 3 is 2.05 bits per heavy atom. The Morgan fingerprint density at radius 1 is 0.900 bits per heavy atom. The molecule has 0 bridgehead atoms. The van der Waals surface area contributed by atoms with E-state index in [1.54, 1.807) is 32.4 Å². The number of rotatable bonds is 3. The summed E-state index contributed by atoms with van der Waals surface area (Å²) in [5, 5.41) is 10.3. The van der Waals surface area contributed by atoms with Gasteiger partial charge in [0.25, 0.3) is 0 Å². The maximum absolute atomic E-state index is 10.3. The van der Waals surface area contributed by atoms with Crippen LogP contribution in [0, 0.1) is 11.8 Å². The van der Waals surface area contributed by atoms with Crippen molar-refractivity contribution in [3.63, 3.8) is 0 Å². The zero-order chi connectivity index (χ0) is 14.4. The lowest BCUT2D eigenvalue weighted by Gasteiger charge is -2.14. The third-order valence-corrected chi connectivity index (χ3v) is 2.87. The van der Waals surface area contributed by atoms with E-state index in [0.717, 1.165) is 5.56 Å². The normalized spacial score (nSPS) is 11.2. The van der Waals surface area contributed by atoms with Crippen LogP contribution in [0.2, 0.25) is 0 Å². The molecule has 102 valence electrons. The minimum absolute atomic E-state index is 0.543. The number of hydrogen-bond donors (Lipinski definition) is 1. The first-order chi connectivity index (χ1) is 9.76. The van der Waals surface area contributed by atoms with Crippen LogP contribution in [-0.2, 0) is 0 Å². The summed E-state index contributed by atoms with van der Waals surface area (Å²) in [6, 6.07) is 14.8. The summed E-state index contributed by atoms with van der Waals surface area (Å²) in [4.78, 5) is 0. The van der Waals surface area contributed by atoms with E-state index in [2.05, 4.69) is 11.8 Å². The quantitative estimate of drug-likeness (QED) is 0.870. The molecular formula is C17H16O3. The van der Waals surface area contributed by atoms with Gasteiger partial charge >= 0.3 is 0 Å². The third-order valence-electron chi connectivity index (χ3n) is 2.87. The molecule has 0 saturated carbocycles. The monoisotopic (exact) mass is 268 g/mol. The second-order valence-corrected chi connectivity index (χ2v) is 4.11. The van der Waals surface area contributed by atoms with Crippen LogP contribution in [0.1, 0.15) is 17.2 Å². The Labute approximate surface area is 118 Å². The van der Waals surface area contributed by atoms with Crippen LogP contribution >= 0.6 is 0 Å². The molecule has 2 aromatic carbocycles. The smallest absolute Gasteiger partial charge is 0.147 e. The molecule has 3 nitrogen and oxygen atoms in total. The molecule has 2 aromatic rings. The first-order valence-corrected chi connectivity index (χ1v) is 6.21. The van der Waals surface area contributed by atoms with Crippen molar-refractivity contribution in [1.29, 1.82) is 0 Å². The fraction of sp³-hybridized carbons (Fsp3) is 0.176. The summed E-state index contributed by atoms with van der Waals surface area (Å²) in [5.74, 6) is 6.85.